The summed E-state index contributed by atoms with van der Waals surface area (Å²) in [5.41, 5.74) is 6.36. The summed E-state index contributed by atoms with van der Waals surface area (Å²) in [5, 5.41) is 8.75. The van der Waals surface area contributed by atoms with Crippen molar-refractivity contribution < 1.29 is 9.90 Å². The number of pyridine rings is 1. The fraction of sp³-hybridized carbons (Fsp3) is 0.455. The normalized spacial score (nSPS) is 12.2. The average Bonchev–Trinajstić information content (AvgIpc) is 2.35. The number of hydrogen-bond acceptors (Lipinski definition) is 4. The molecule has 5 heteroatoms. The highest BCUT2D eigenvalue weighted by atomic mass is 16.3. The predicted molar refractivity (Wildman–Crippen MR) is 60.6 cm³/mol. The number of hydrogen-bond donors (Lipinski definition) is 2. The van der Waals surface area contributed by atoms with E-state index in [1.807, 2.05) is 18.2 Å². The number of aliphatic hydroxyl groups excluding tert-OH is 1. The first-order chi connectivity index (χ1) is 7.65. The molecule has 88 valence electrons. The fourth-order valence-corrected chi connectivity index (χ4v) is 1.30. The van der Waals surface area contributed by atoms with Crippen LogP contribution in [0.1, 0.15) is 5.69 Å². The Morgan fingerprint density at radius 1 is 1.62 bits per heavy atom. The largest absolute Gasteiger partial charge is 0.394 e. The number of nitrogens with zero attached hydrogens (tertiary/aromatic N) is 2. The summed E-state index contributed by atoms with van der Waals surface area (Å²) in [4.78, 5) is 17.2. The van der Waals surface area contributed by atoms with Crippen molar-refractivity contribution in [3.8, 4) is 0 Å². The number of aromatic nitrogens is 1. The summed E-state index contributed by atoms with van der Waals surface area (Å²) in [6.45, 7) is 0.219. The molecule has 0 bridgehead atoms. The van der Waals surface area contributed by atoms with E-state index in [4.69, 9.17) is 10.8 Å². The summed E-state index contributed by atoms with van der Waals surface area (Å²) in [5.74, 6) is -0.251. The van der Waals surface area contributed by atoms with Gasteiger partial charge >= 0.3 is 0 Å². The molecule has 1 amide bonds. The first kappa shape index (κ1) is 12.6. The van der Waals surface area contributed by atoms with Crippen LogP contribution in [0.4, 0.5) is 0 Å². The van der Waals surface area contributed by atoms with Gasteiger partial charge in [0.05, 0.1) is 6.61 Å². The topological polar surface area (TPSA) is 79.5 Å². The molecule has 1 atom stereocenters. The molecule has 1 aromatic heterocycles. The highest BCUT2D eigenvalue weighted by Crippen LogP contribution is 1.97. The number of nitrogens with two attached hydrogens (primary N) is 1. The SMILES string of the molecule is CN(CCc1ccccn1)C(=O)C(N)CO. The Morgan fingerprint density at radius 3 is 2.94 bits per heavy atom. The minimum atomic E-state index is -0.825. The van der Waals surface area contributed by atoms with Gasteiger partial charge in [-0.3, -0.25) is 9.78 Å². The zero-order valence-electron chi connectivity index (χ0n) is 9.34. The third kappa shape index (κ3) is 3.60. The van der Waals surface area contributed by atoms with Crippen LogP contribution in [0.25, 0.3) is 0 Å². The maximum atomic E-state index is 11.5. The Hall–Kier alpha value is -1.46. The van der Waals surface area contributed by atoms with Gasteiger partial charge in [-0.25, -0.2) is 0 Å². The number of amides is 1. The number of aliphatic hydroxyl groups is 1. The summed E-state index contributed by atoms with van der Waals surface area (Å²) in [7, 11) is 1.67. The standard InChI is InChI=1S/C11H17N3O2/c1-14(11(16)10(12)8-15)7-5-9-4-2-3-6-13-9/h2-4,6,10,15H,5,7-8,12H2,1H3. The molecule has 0 radical (unpaired) electrons. The Balaban J connectivity index is 2.41. The average molecular weight is 223 g/mol. The van der Waals surface area contributed by atoms with Crippen molar-refractivity contribution >= 4 is 5.91 Å². The molecule has 16 heavy (non-hydrogen) atoms. The van der Waals surface area contributed by atoms with Gasteiger partial charge in [0.25, 0.3) is 0 Å². The van der Waals surface area contributed by atoms with Gasteiger partial charge < -0.3 is 15.7 Å². The van der Waals surface area contributed by atoms with E-state index in [0.717, 1.165) is 5.69 Å². The van der Waals surface area contributed by atoms with Gasteiger partial charge in [0.2, 0.25) is 5.91 Å². The Labute approximate surface area is 94.9 Å². The number of carbonyl (C=O) groups excluding carboxylic acids is 1. The smallest absolute Gasteiger partial charge is 0.241 e. The summed E-state index contributed by atoms with van der Waals surface area (Å²) in [6, 6.07) is 4.84. The minimum absolute atomic E-state index is 0.251. The van der Waals surface area contributed by atoms with E-state index >= 15 is 0 Å². The predicted octanol–water partition coefficient (Wildman–Crippen LogP) is -0.598. The molecule has 0 saturated heterocycles. The van der Waals surface area contributed by atoms with E-state index in [2.05, 4.69) is 4.98 Å². The molecular formula is C11H17N3O2. The molecule has 1 aromatic rings. The lowest BCUT2D eigenvalue weighted by molar-refractivity contribution is -0.132. The third-order valence-corrected chi connectivity index (χ3v) is 2.32. The van der Waals surface area contributed by atoms with Crippen LogP contribution in [0, 0.1) is 0 Å². The van der Waals surface area contributed by atoms with Gasteiger partial charge in [-0.15, -0.1) is 0 Å². The molecule has 0 saturated carbocycles. The van der Waals surface area contributed by atoms with E-state index in [1.54, 1.807) is 13.2 Å². The van der Waals surface area contributed by atoms with E-state index in [0.29, 0.717) is 13.0 Å². The van der Waals surface area contributed by atoms with Crippen molar-refractivity contribution in [1.29, 1.82) is 0 Å². The Bertz CT molecular complexity index is 329. The minimum Gasteiger partial charge on any atom is -0.394 e. The molecular weight excluding hydrogens is 206 g/mol. The van der Waals surface area contributed by atoms with Crippen molar-refractivity contribution in [1.82, 2.24) is 9.88 Å². The quantitative estimate of drug-likeness (QED) is 0.698. The van der Waals surface area contributed by atoms with Gasteiger partial charge in [0.1, 0.15) is 6.04 Å². The van der Waals surface area contributed by atoms with Crippen LogP contribution in [0.5, 0.6) is 0 Å². The van der Waals surface area contributed by atoms with Gasteiger partial charge in [-0.1, -0.05) is 6.07 Å². The van der Waals surface area contributed by atoms with Gasteiger partial charge in [0.15, 0.2) is 0 Å². The number of likely N-dealkylation sites (N-methyl/N-ethyl adjacent to an activating group) is 1. The van der Waals surface area contributed by atoms with Crippen LogP contribution in [0.3, 0.4) is 0 Å². The van der Waals surface area contributed by atoms with Crippen LogP contribution in [0.2, 0.25) is 0 Å². The summed E-state index contributed by atoms with van der Waals surface area (Å²) < 4.78 is 0. The first-order valence-corrected chi connectivity index (χ1v) is 5.16. The second-order valence-corrected chi connectivity index (χ2v) is 3.62. The van der Waals surface area contributed by atoms with Crippen LogP contribution in [0.15, 0.2) is 24.4 Å². The highest BCUT2D eigenvalue weighted by Gasteiger charge is 2.16. The second kappa shape index (κ2) is 6.19. The van der Waals surface area contributed by atoms with Gasteiger partial charge in [-0.2, -0.15) is 0 Å². The van der Waals surface area contributed by atoms with Crippen molar-refractivity contribution in [3.05, 3.63) is 30.1 Å². The number of carbonyl (C=O) groups is 1. The lowest BCUT2D eigenvalue weighted by Gasteiger charge is -2.19. The van der Waals surface area contributed by atoms with E-state index in [1.165, 1.54) is 4.90 Å². The molecule has 1 rings (SSSR count). The second-order valence-electron chi connectivity index (χ2n) is 3.62. The number of rotatable bonds is 5. The molecule has 1 unspecified atom stereocenters. The van der Waals surface area contributed by atoms with E-state index in [9.17, 15) is 4.79 Å². The van der Waals surface area contributed by atoms with Crippen LogP contribution in [-0.4, -0.2) is 47.1 Å². The monoisotopic (exact) mass is 223 g/mol. The molecule has 3 N–H and O–H groups in total. The van der Waals surface area contributed by atoms with Crippen molar-refractivity contribution in [2.45, 2.75) is 12.5 Å². The van der Waals surface area contributed by atoms with Gasteiger partial charge in [-0.05, 0) is 12.1 Å². The molecule has 0 spiro atoms. The van der Waals surface area contributed by atoms with E-state index in [-0.39, 0.29) is 12.5 Å². The maximum absolute atomic E-state index is 11.5. The first-order valence-electron chi connectivity index (χ1n) is 5.16. The summed E-state index contributed by atoms with van der Waals surface area (Å²) in [6.07, 6.45) is 2.40. The fourth-order valence-electron chi connectivity index (χ4n) is 1.30. The Kier molecular flexibility index (Phi) is 4.88. The molecule has 0 aliphatic carbocycles. The van der Waals surface area contributed by atoms with Crippen LogP contribution >= 0.6 is 0 Å². The van der Waals surface area contributed by atoms with E-state index < -0.39 is 6.04 Å². The van der Waals surface area contributed by atoms with Crippen LogP contribution < -0.4 is 5.73 Å². The van der Waals surface area contributed by atoms with Crippen molar-refractivity contribution in [2.24, 2.45) is 5.73 Å². The molecule has 1 heterocycles. The zero-order valence-corrected chi connectivity index (χ0v) is 9.34. The molecule has 0 aromatic carbocycles. The molecule has 0 aliphatic rings. The summed E-state index contributed by atoms with van der Waals surface area (Å²) >= 11 is 0. The highest BCUT2D eigenvalue weighted by molar-refractivity contribution is 5.81. The molecule has 5 nitrogen and oxygen atoms in total. The molecule has 0 aliphatic heterocycles. The Morgan fingerprint density at radius 2 is 2.38 bits per heavy atom. The maximum Gasteiger partial charge on any atom is 0.241 e. The lowest BCUT2D eigenvalue weighted by Crippen LogP contribution is -2.44. The molecule has 0 fully saturated rings. The van der Waals surface area contributed by atoms with Crippen LogP contribution in [-0.2, 0) is 11.2 Å². The zero-order chi connectivity index (χ0) is 12.0. The third-order valence-electron chi connectivity index (χ3n) is 2.32. The van der Waals surface area contributed by atoms with Crippen molar-refractivity contribution in [3.63, 3.8) is 0 Å². The van der Waals surface area contributed by atoms with Gasteiger partial charge in [0, 0.05) is 31.9 Å². The van der Waals surface area contributed by atoms with Crippen molar-refractivity contribution in [2.75, 3.05) is 20.2 Å². The lowest BCUT2D eigenvalue weighted by atomic mass is 10.2.